The summed E-state index contributed by atoms with van der Waals surface area (Å²) >= 11 is 3.44. The summed E-state index contributed by atoms with van der Waals surface area (Å²) in [6, 6.07) is 9.75. The Morgan fingerprint density at radius 3 is 2.58 bits per heavy atom. The minimum atomic E-state index is 0.186. The summed E-state index contributed by atoms with van der Waals surface area (Å²) in [6.45, 7) is 3.61. The second-order valence-electron chi connectivity index (χ2n) is 5.60. The summed E-state index contributed by atoms with van der Waals surface area (Å²) in [7, 11) is 0. The molecular weight excluding hydrogens is 370 g/mol. The normalized spacial score (nSPS) is 14.5. The number of carbonyl (C=O) groups excluding carboxylic acids is 1. The number of amides is 1. The first kappa shape index (κ1) is 16.7. The van der Waals surface area contributed by atoms with E-state index in [1.807, 2.05) is 35.2 Å². The van der Waals surface area contributed by atoms with E-state index in [9.17, 15) is 4.79 Å². The molecule has 2 heterocycles. The topological polar surface area (TPSA) is 61.4 Å². The number of carbonyl (C=O) groups is 1. The van der Waals surface area contributed by atoms with Crippen LogP contribution in [0.4, 0.5) is 11.6 Å². The summed E-state index contributed by atoms with van der Waals surface area (Å²) < 4.78 is 1.03. The third-order valence-electron chi connectivity index (χ3n) is 3.96. The maximum absolute atomic E-state index is 12.3. The molecule has 1 amide bonds. The van der Waals surface area contributed by atoms with E-state index in [1.165, 1.54) is 0 Å². The lowest BCUT2D eigenvalue weighted by atomic mass is 10.2. The van der Waals surface area contributed by atoms with E-state index < -0.39 is 0 Å². The average Bonchev–Trinajstić information content (AvgIpc) is 2.63. The van der Waals surface area contributed by atoms with Gasteiger partial charge in [0.15, 0.2) is 0 Å². The van der Waals surface area contributed by atoms with Gasteiger partial charge in [-0.2, -0.15) is 0 Å². The van der Waals surface area contributed by atoms with Gasteiger partial charge in [0.2, 0.25) is 11.9 Å². The summed E-state index contributed by atoms with van der Waals surface area (Å²) in [4.78, 5) is 24.9. The van der Waals surface area contributed by atoms with Crippen LogP contribution in [0.2, 0.25) is 0 Å². The van der Waals surface area contributed by atoms with Crippen LogP contribution in [0.25, 0.3) is 0 Å². The Hall–Kier alpha value is -2.15. The predicted octanol–water partition coefficient (Wildman–Crippen LogP) is 2.39. The second-order valence-corrected chi connectivity index (χ2v) is 6.52. The number of rotatable bonds is 5. The van der Waals surface area contributed by atoms with Crippen LogP contribution < -0.4 is 10.2 Å². The van der Waals surface area contributed by atoms with Crippen molar-refractivity contribution < 1.29 is 4.79 Å². The van der Waals surface area contributed by atoms with E-state index in [2.05, 4.69) is 36.1 Å². The second kappa shape index (κ2) is 8.10. The minimum Gasteiger partial charge on any atom is -0.384 e. The van der Waals surface area contributed by atoms with Crippen LogP contribution in [0.5, 0.6) is 0 Å². The number of piperazine rings is 1. The third-order valence-corrected chi connectivity index (χ3v) is 4.45. The minimum absolute atomic E-state index is 0.186. The van der Waals surface area contributed by atoms with Crippen molar-refractivity contribution in [2.24, 2.45) is 0 Å². The number of hydrogen-bond donors (Lipinski definition) is 1. The van der Waals surface area contributed by atoms with Crippen molar-refractivity contribution in [1.29, 1.82) is 0 Å². The van der Waals surface area contributed by atoms with Crippen molar-refractivity contribution in [3.8, 4) is 0 Å². The number of anilines is 2. The van der Waals surface area contributed by atoms with Crippen molar-refractivity contribution in [1.82, 2.24) is 14.9 Å². The van der Waals surface area contributed by atoms with E-state index in [0.29, 0.717) is 26.1 Å². The van der Waals surface area contributed by atoms with Crippen LogP contribution in [0.1, 0.15) is 6.42 Å². The quantitative estimate of drug-likeness (QED) is 0.850. The molecule has 0 radical (unpaired) electrons. The van der Waals surface area contributed by atoms with E-state index in [4.69, 9.17) is 0 Å². The van der Waals surface area contributed by atoms with Crippen LogP contribution in [-0.4, -0.2) is 53.5 Å². The first-order chi connectivity index (χ1) is 11.7. The van der Waals surface area contributed by atoms with Gasteiger partial charge >= 0.3 is 0 Å². The molecule has 0 spiro atoms. The van der Waals surface area contributed by atoms with Gasteiger partial charge in [0.25, 0.3) is 0 Å². The summed E-state index contributed by atoms with van der Waals surface area (Å²) in [5, 5.41) is 3.28. The summed E-state index contributed by atoms with van der Waals surface area (Å²) in [5.74, 6) is 0.923. The average molecular weight is 390 g/mol. The molecule has 24 heavy (non-hydrogen) atoms. The lowest BCUT2D eigenvalue weighted by Gasteiger charge is -2.34. The molecule has 0 unspecified atom stereocenters. The Balaban J connectivity index is 1.42. The van der Waals surface area contributed by atoms with Crippen LogP contribution in [0.15, 0.2) is 47.2 Å². The standard InChI is InChI=1S/C17H20BrN5O/c18-14-3-1-4-15(13-14)19-8-5-16(24)22-9-11-23(12-10-22)17-20-6-2-7-21-17/h1-4,6-7,13,19H,5,8-12H2. The Morgan fingerprint density at radius 2 is 1.88 bits per heavy atom. The maximum Gasteiger partial charge on any atom is 0.225 e. The molecule has 2 aromatic rings. The van der Waals surface area contributed by atoms with Gasteiger partial charge in [0, 0.05) is 61.7 Å². The molecule has 0 atom stereocenters. The van der Waals surface area contributed by atoms with E-state index in [-0.39, 0.29) is 5.91 Å². The molecule has 1 N–H and O–H groups in total. The monoisotopic (exact) mass is 389 g/mol. The molecule has 0 aliphatic carbocycles. The zero-order valence-corrected chi connectivity index (χ0v) is 14.9. The number of hydrogen-bond acceptors (Lipinski definition) is 5. The zero-order valence-electron chi connectivity index (χ0n) is 13.4. The fraction of sp³-hybridized carbons (Fsp3) is 0.353. The van der Waals surface area contributed by atoms with Gasteiger partial charge in [0.05, 0.1) is 0 Å². The summed E-state index contributed by atoms with van der Waals surface area (Å²) in [6.07, 6.45) is 3.98. The highest BCUT2D eigenvalue weighted by Gasteiger charge is 2.21. The number of nitrogens with zero attached hydrogens (tertiary/aromatic N) is 4. The molecule has 1 aliphatic heterocycles. The smallest absolute Gasteiger partial charge is 0.225 e. The van der Waals surface area contributed by atoms with E-state index >= 15 is 0 Å². The maximum atomic E-state index is 12.3. The number of aromatic nitrogens is 2. The van der Waals surface area contributed by atoms with Gasteiger partial charge < -0.3 is 15.1 Å². The van der Waals surface area contributed by atoms with Crippen LogP contribution in [0, 0.1) is 0 Å². The van der Waals surface area contributed by atoms with Gasteiger partial charge in [0.1, 0.15) is 0 Å². The molecule has 126 valence electrons. The van der Waals surface area contributed by atoms with Crippen LogP contribution in [0.3, 0.4) is 0 Å². The van der Waals surface area contributed by atoms with Crippen molar-refractivity contribution in [3.63, 3.8) is 0 Å². The lowest BCUT2D eigenvalue weighted by molar-refractivity contribution is -0.131. The Kier molecular flexibility index (Phi) is 5.63. The highest BCUT2D eigenvalue weighted by Crippen LogP contribution is 2.16. The molecule has 0 saturated carbocycles. The van der Waals surface area contributed by atoms with Gasteiger partial charge in [-0.3, -0.25) is 4.79 Å². The molecule has 0 bridgehead atoms. The largest absolute Gasteiger partial charge is 0.384 e. The lowest BCUT2D eigenvalue weighted by Crippen LogP contribution is -2.49. The highest BCUT2D eigenvalue weighted by molar-refractivity contribution is 9.10. The molecule has 1 fully saturated rings. The van der Waals surface area contributed by atoms with Crippen LogP contribution >= 0.6 is 15.9 Å². The number of halogens is 1. The van der Waals surface area contributed by atoms with Crippen molar-refractivity contribution in [3.05, 3.63) is 47.2 Å². The van der Waals surface area contributed by atoms with Crippen molar-refractivity contribution in [2.75, 3.05) is 42.9 Å². The predicted molar refractivity (Wildman–Crippen MR) is 98.1 cm³/mol. The fourth-order valence-electron chi connectivity index (χ4n) is 2.68. The van der Waals surface area contributed by atoms with Gasteiger partial charge in [-0.25, -0.2) is 9.97 Å². The van der Waals surface area contributed by atoms with E-state index in [0.717, 1.165) is 29.2 Å². The third kappa shape index (κ3) is 4.44. The molecule has 1 aromatic carbocycles. The molecule has 1 aliphatic rings. The fourth-order valence-corrected chi connectivity index (χ4v) is 3.08. The van der Waals surface area contributed by atoms with Gasteiger partial charge in [-0.15, -0.1) is 0 Å². The molecule has 1 saturated heterocycles. The van der Waals surface area contributed by atoms with E-state index in [1.54, 1.807) is 12.4 Å². The van der Waals surface area contributed by atoms with Crippen molar-refractivity contribution in [2.45, 2.75) is 6.42 Å². The molecular formula is C17H20BrN5O. The van der Waals surface area contributed by atoms with Crippen LogP contribution in [-0.2, 0) is 4.79 Å². The highest BCUT2D eigenvalue weighted by atomic mass is 79.9. The molecule has 1 aromatic heterocycles. The van der Waals surface area contributed by atoms with Gasteiger partial charge in [-0.1, -0.05) is 22.0 Å². The molecule has 3 rings (SSSR count). The summed E-state index contributed by atoms with van der Waals surface area (Å²) in [5.41, 5.74) is 1.02. The zero-order chi connectivity index (χ0) is 16.8. The first-order valence-corrected chi connectivity index (χ1v) is 8.81. The number of nitrogens with one attached hydrogen (secondary N) is 1. The molecule has 7 heteroatoms. The molecule has 6 nitrogen and oxygen atoms in total. The number of benzene rings is 1. The Bertz CT molecular complexity index is 674. The van der Waals surface area contributed by atoms with Gasteiger partial charge in [-0.05, 0) is 24.3 Å². The first-order valence-electron chi connectivity index (χ1n) is 8.01. The Labute approximate surface area is 150 Å². The Morgan fingerprint density at radius 1 is 1.12 bits per heavy atom. The SMILES string of the molecule is O=C(CCNc1cccc(Br)c1)N1CCN(c2ncccn2)CC1. The van der Waals surface area contributed by atoms with Crippen molar-refractivity contribution >= 4 is 33.5 Å².